The molecule has 146 valence electrons. The highest BCUT2D eigenvalue weighted by molar-refractivity contribution is 8.76. The Kier molecular flexibility index (Phi) is 8.99. The first-order valence-electron chi connectivity index (χ1n) is 8.28. The summed E-state index contributed by atoms with van der Waals surface area (Å²) in [5.74, 6) is 2.03. The zero-order valence-electron chi connectivity index (χ0n) is 14.8. The second-order valence-electron chi connectivity index (χ2n) is 5.38. The number of aromatic nitrogens is 2. The predicted octanol–water partition coefficient (Wildman–Crippen LogP) is 2.65. The Bertz CT molecular complexity index is 736. The lowest BCUT2D eigenvalue weighted by atomic mass is 10.2. The van der Waals surface area contributed by atoms with E-state index in [1.165, 1.54) is 10.8 Å². The van der Waals surface area contributed by atoms with Gasteiger partial charge in [0.2, 0.25) is 17.6 Å². The monoisotopic (exact) mass is 411 g/mol. The van der Waals surface area contributed by atoms with E-state index < -0.39 is 5.97 Å². The molecule has 0 aliphatic carbocycles. The molecule has 0 saturated heterocycles. The molecule has 0 aliphatic rings. The molecule has 0 unspecified atom stereocenters. The summed E-state index contributed by atoms with van der Waals surface area (Å²) in [6.07, 6.45) is 0.781. The van der Waals surface area contributed by atoms with Crippen LogP contribution in [0.3, 0.4) is 0 Å². The summed E-state index contributed by atoms with van der Waals surface area (Å²) in [4.78, 5) is 26.5. The minimum Gasteiger partial charge on any atom is -0.497 e. The average molecular weight is 412 g/mol. The van der Waals surface area contributed by atoms with Gasteiger partial charge in [0.25, 0.3) is 0 Å². The van der Waals surface area contributed by atoms with E-state index in [9.17, 15) is 9.59 Å². The van der Waals surface area contributed by atoms with Crippen molar-refractivity contribution < 1.29 is 24.0 Å². The highest BCUT2D eigenvalue weighted by atomic mass is 33.1. The highest BCUT2D eigenvalue weighted by Crippen LogP contribution is 2.21. The van der Waals surface area contributed by atoms with E-state index in [1.54, 1.807) is 17.9 Å². The molecule has 0 radical (unpaired) electrons. The van der Waals surface area contributed by atoms with Crippen LogP contribution in [-0.2, 0) is 16.0 Å². The van der Waals surface area contributed by atoms with Gasteiger partial charge < -0.3 is 19.7 Å². The van der Waals surface area contributed by atoms with Gasteiger partial charge >= 0.3 is 5.97 Å². The fourth-order valence-electron chi connectivity index (χ4n) is 2.00. The summed E-state index contributed by atoms with van der Waals surface area (Å²) < 4.78 is 10.3. The second kappa shape index (κ2) is 11.5. The normalized spacial score (nSPS) is 10.6. The first-order valence-corrected chi connectivity index (χ1v) is 10.8. The van der Waals surface area contributed by atoms with Crippen LogP contribution in [0.1, 0.15) is 18.7 Å². The maximum atomic E-state index is 11.8. The van der Waals surface area contributed by atoms with Crippen LogP contribution in [0.2, 0.25) is 0 Å². The number of amides is 1. The Morgan fingerprint density at radius 2 is 1.93 bits per heavy atom. The molecule has 0 saturated carbocycles. The number of methoxy groups -OCH3 is 1. The van der Waals surface area contributed by atoms with E-state index in [4.69, 9.17) is 14.4 Å². The summed E-state index contributed by atoms with van der Waals surface area (Å²) in [5, 5.41) is 15.3. The number of carboxylic acid groups (broad SMARTS) is 1. The average Bonchev–Trinajstić information content (AvgIpc) is 3.14. The first kappa shape index (κ1) is 21.1. The summed E-state index contributed by atoms with van der Waals surface area (Å²) in [6, 6.07) is 7.31. The molecular weight excluding hydrogens is 390 g/mol. The molecule has 27 heavy (non-hydrogen) atoms. The molecule has 2 rings (SSSR count). The van der Waals surface area contributed by atoms with Gasteiger partial charge in [-0.15, -0.1) is 0 Å². The Morgan fingerprint density at radius 1 is 1.19 bits per heavy atom. The SMILES string of the molecule is COc1ccc(-c2noc(CCC(=O)NCCSSCCC(=O)O)n2)cc1. The molecule has 0 bridgehead atoms. The number of carbonyl (C=O) groups excluding carboxylic acids is 1. The third-order valence-corrected chi connectivity index (χ3v) is 5.78. The third-order valence-electron chi connectivity index (χ3n) is 3.37. The van der Waals surface area contributed by atoms with Gasteiger partial charge in [0.15, 0.2) is 0 Å². The topological polar surface area (TPSA) is 115 Å². The number of nitrogens with one attached hydrogen (secondary N) is 1. The lowest BCUT2D eigenvalue weighted by molar-refractivity contribution is -0.136. The quantitative estimate of drug-likeness (QED) is 0.402. The lowest BCUT2D eigenvalue weighted by Crippen LogP contribution is -2.25. The van der Waals surface area contributed by atoms with Crippen molar-refractivity contribution in [2.24, 2.45) is 0 Å². The van der Waals surface area contributed by atoms with Crippen LogP contribution in [0.15, 0.2) is 28.8 Å². The van der Waals surface area contributed by atoms with Crippen LogP contribution >= 0.6 is 21.6 Å². The van der Waals surface area contributed by atoms with Crippen LogP contribution in [0.5, 0.6) is 5.75 Å². The maximum absolute atomic E-state index is 11.8. The van der Waals surface area contributed by atoms with Crippen molar-refractivity contribution in [3.05, 3.63) is 30.2 Å². The van der Waals surface area contributed by atoms with Gasteiger partial charge in [-0.05, 0) is 24.3 Å². The van der Waals surface area contributed by atoms with Gasteiger partial charge in [-0.3, -0.25) is 9.59 Å². The Hall–Kier alpha value is -2.20. The molecule has 1 amide bonds. The van der Waals surface area contributed by atoms with Gasteiger partial charge in [0.05, 0.1) is 13.5 Å². The van der Waals surface area contributed by atoms with E-state index in [2.05, 4.69) is 15.5 Å². The van der Waals surface area contributed by atoms with Crippen LogP contribution in [-0.4, -0.2) is 52.3 Å². The van der Waals surface area contributed by atoms with Crippen LogP contribution in [0, 0.1) is 0 Å². The van der Waals surface area contributed by atoms with Crippen molar-refractivity contribution in [3.8, 4) is 17.1 Å². The number of hydrogen-bond acceptors (Lipinski definition) is 8. The molecular formula is C17H21N3O5S2. The van der Waals surface area contributed by atoms with Crippen molar-refractivity contribution in [1.29, 1.82) is 0 Å². The number of ether oxygens (including phenoxy) is 1. The van der Waals surface area contributed by atoms with E-state index in [-0.39, 0.29) is 18.7 Å². The number of hydrogen-bond donors (Lipinski definition) is 2. The fourth-order valence-corrected chi connectivity index (χ4v) is 3.89. The summed E-state index contributed by atoms with van der Waals surface area (Å²) in [5.41, 5.74) is 0.813. The maximum Gasteiger partial charge on any atom is 0.304 e. The van der Waals surface area contributed by atoms with E-state index >= 15 is 0 Å². The first-order chi connectivity index (χ1) is 13.1. The lowest BCUT2D eigenvalue weighted by Gasteiger charge is -2.03. The van der Waals surface area contributed by atoms with Gasteiger partial charge in [-0.25, -0.2) is 0 Å². The molecule has 0 aliphatic heterocycles. The van der Waals surface area contributed by atoms with E-state index in [0.717, 1.165) is 17.1 Å². The third kappa shape index (κ3) is 7.92. The highest BCUT2D eigenvalue weighted by Gasteiger charge is 2.10. The van der Waals surface area contributed by atoms with Gasteiger partial charge in [0, 0.05) is 36.5 Å². The Balaban J connectivity index is 1.64. The Morgan fingerprint density at radius 3 is 2.63 bits per heavy atom. The van der Waals surface area contributed by atoms with Crippen LogP contribution in [0.4, 0.5) is 0 Å². The molecule has 0 spiro atoms. The molecule has 2 N–H and O–H groups in total. The largest absolute Gasteiger partial charge is 0.497 e. The number of benzene rings is 1. The van der Waals surface area contributed by atoms with Gasteiger partial charge in [-0.2, -0.15) is 4.98 Å². The van der Waals surface area contributed by atoms with Crippen molar-refractivity contribution in [3.63, 3.8) is 0 Å². The van der Waals surface area contributed by atoms with Crippen molar-refractivity contribution >= 4 is 33.5 Å². The van der Waals surface area contributed by atoms with Crippen molar-refractivity contribution in [2.75, 3.05) is 25.2 Å². The fraction of sp³-hybridized carbons (Fsp3) is 0.412. The molecule has 1 aromatic heterocycles. The number of rotatable bonds is 12. The minimum absolute atomic E-state index is 0.0877. The van der Waals surface area contributed by atoms with Gasteiger partial charge in [0.1, 0.15) is 5.75 Å². The predicted molar refractivity (Wildman–Crippen MR) is 105 cm³/mol. The van der Waals surface area contributed by atoms with Gasteiger partial charge in [-0.1, -0.05) is 26.7 Å². The number of carboxylic acids is 1. The van der Waals surface area contributed by atoms with Crippen LogP contribution < -0.4 is 10.1 Å². The summed E-state index contributed by atoms with van der Waals surface area (Å²) >= 11 is 0. The Labute approximate surface area is 164 Å². The zero-order chi connectivity index (χ0) is 19.5. The summed E-state index contributed by atoms with van der Waals surface area (Å²) in [6.45, 7) is 0.532. The number of aryl methyl sites for hydroxylation is 1. The molecule has 2 aromatic rings. The number of nitrogens with zero attached hydrogens (tertiary/aromatic N) is 2. The number of carbonyl (C=O) groups is 2. The number of aliphatic carboxylic acids is 1. The molecule has 0 fully saturated rings. The van der Waals surface area contributed by atoms with Crippen molar-refractivity contribution in [1.82, 2.24) is 15.5 Å². The smallest absolute Gasteiger partial charge is 0.304 e. The zero-order valence-corrected chi connectivity index (χ0v) is 16.5. The van der Waals surface area contributed by atoms with Crippen LogP contribution in [0.25, 0.3) is 11.4 Å². The van der Waals surface area contributed by atoms with E-state index in [0.29, 0.717) is 30.4 Å². The summed E-state index contributed by atoms with van der Waals surface area (Å²) in [7, 11) is 4.63. The van der Waals surface area contributed by atoms with Crippen molar-refractivity contribution in [2.45, 2.75) is 19.3 Å². The molecule has 8 nitrogen and oxygen atoms in total. The molecule has 1 aromatic carbocycles. The molecule has 1 heterocycles. The minimum atomic E-state index is -0.799. The standard InChI is InChI=1S/C17H21N3O5S2/c1-24-13-4-2-12(3-5-13)17-19-15(25-20-17)7-6-14(21)18-9-11-27-26-10-8-16(22)23/h2-5H,6-11H2,1H3,(H,18,21)(H,22,23). The molecule has 10 heteroatoms. The second-order valence-corrected chi connectivity index (χ2v) is 8.08. The van der Waals surface area contributed by atoms with E-state index in [1.807, 2.05) is 24.3 Å². The molecule has 0 atom stereocenters.